The minimum absolute atomic E-state index is 0.325. The lowest BCUT2D eigenvalue weighted by Gasteiger charge is -1.99. The molecule has 0 aliphatic rings. The van der Waals surface area contributed by atoms with Crippen LogP contribution >= 0.6 is 27.5 Å². The third kappa shape index (κ3) is 1.19. The number of hydrogen-bond donors (Lipinski definition) is 0. The van der Waals surface area contributed by atoms with Crippen LogP contribution in [-0.2, 0) is 0 Å². The van der Waals surface area contributed by atoms with E-state index in [4.69, 9.17) is 16.9 Å². The molecule has 6 heteroatoms. The van der Waals surface area contributed by atoms with Gasteiger partial charge in [-0.3, -0.25) is 4.40 Å². The molecule has 4 nitrogen and oxygen atoms in total. The number of halogens is 2. The van der Waals surface area contributed by atoms with E-state index in [2.05, 4.69) is 26.1 Å². The van der Waals surface area contributed by atoms with Crippen LogP contribution in [-0.4, -0.2) is 14.6 Å². The summed E-state index contributed by atoms with van der Waals surface area (Å²) in [7, 11) is 0. The van der Waals surface area contributed by atoms with Crippen molar-refractivity contribution in [1.29, 1.82) is 5.26 Å². The van der Waals surface area contributed by atoms with Crippen LogP contribution < -0.4 is 0 Å². The summed E-state index contributed by atoms with van der Waals surface area (Å²) >= 11 is 9.16. The van der Waals surface area contributed by atoms with Crippen molar-refractivity contribution in [3.8, 4) is 6.07 Å². The van der Waals surface area contributed by atoms with Crippen LogP contribution in [0.5, 0.6) is 0 Å². The second-order valence-electron chi connectivity index (χ2n) is 2.33. The van der Waals surface area contributed by atoms with Gasteiger partial charge in [-0.1, -0.05) is 11.6 Å². The van der Waals surface area contributed by atoms with Gasteiger partial charge in [0.1, 0.15) is 17.5 Å². The molecule has 0 atom stereocenters. The predicted molar refractivity (Wildman–Crippen MR) is 50.4 cm³/mol. The van der Waals surface area contributed by atoms with Crippen LogP contribution in [0.1, 0.15) is 5.56 Å². The summed E-state index contributed by atoms with van der Waals surface area (Å²) in [6.45, 7) is 0. The van der Waals surface area contributed by atoms with Gasteiger partial charge in [-0.25, -0.2) is 0 Å². The van der Waals surface area contributed by atoms with Crippen LogP contribution in [0.3, 0.4) is 0 Å². The largest absolute Gasteiger partial charge is 0.270 e. The highest BCUT2D eigenvalue weighted by atomic mass is 79.9. The van der Waals surface area contributed by atoms with Crippen molar-refractivity contribution in [1.82, 2.24) is 14.6 Å². The van der Waals surface area contributed by atoms with Crippen molar-refractivity contribution in [2.45, 2.75) is 0 Å². The summed E-state index contributed by atoms with van der Waals surface area (Å²) in [6.07, 6.45) is 1.46. The Morgan fingerprint density at radius 3 is 3.08 bits per heavy atom. The average Bonchev–Trinajstić information content (AvgIpc) is 2.60. The first kappa shape index (κ1) is 8.48. The molecule has 64 valence electrons. The van der Waals surface area contributed by atoms with E-state index in [1.165, 1.54) is 6.33 Å². The van der Waals surface area contributed by atoms with Gasteiger partial charge in [0.05, 0.1) is 10.0 Å². The van der Waals surface area contributed by atoms with Crippen LogP contribution in [0.4, 0.5) is 0 Å². The van der Waals surface area contributed by atoms with Gasteiger partial charge in [0.2, 0.25) is 0 Å². The minimum atomic E-state index is 0.325. The summed E-state index contributed by atoms with van der Waals surface area (Å²) < 4.78 is 2.25. The smallest absolute Gasteiger partial charge is 0.176 e. The Bertz CT molecular complexity index is 513. The summed E-state index contributed by atoms with van der Waals surface area (Å²) in [4.78, 5) is 0. The first-order valence-corrected chi connectivity index (χ1v) is 4.49. The van der Waals surface area contributed by atoms with E-state index in [0.29, 0.717) is 20.8 Å². The monoisotopic (exact) mass is 256 g/mol. The molecule has 0 saturated carbocycles. The van der Waals surface area contributed by atoms with E-state index in [0.717, 1.165) is 0 Å². The van der Waals surface area contributed by atoms with Gasteiger partial charge < -0.3 is 0 Å². The molecule has 0 N–H and O–H groups in total. The topological polar surface area (TPSA) is 54.0 Å². The zero-order valence-electron chi connectivity index (χ0n) is 6.20. The van der Waals surface area contributed by atoms with Gasteiger partial charge in [0.15, 0.2) is 5.65 Å². The Morgan fingerprint density at radius 1 is 1.62 bits per heavy atom. The van der Waals surface area contributed by atoms with Crippen molar-refractivity contribution in [2.24, 2.45) is 0 Å². The lowest BCUT2D eigenvalue weighted by Crippen LogP contribution is -1.90. The number of fused-ring (bicyclic) bond motifs is 1. The van der Waals surface area contributed by atoms with Crippen LogP contribution in [0, 0.1) is 11.3 Å². The Kier molecular flexibility index (Phi) is 1.94. The molecule has 0 saturated heterocycles. The maximum absolute atomic E-state index is 8.73. The number of aromatic nitrogens is 3. The quantitative estimate of drug-likeness (QED) is 0.679. The predicted octanol–water partition coefficient (Wildman–Crippen LogP) is 2.02. The number of rotatable bonds is 0. The van der Waals surface area contributed by atoms with Gasteiger partial charge in [0, 0.05) is 0 Å². The second kappa shape index (κ2) is 2.98. The fraction of sp³-hybridized carbons (Fsp3) is 0. The first-order valence-electron chi connectivity index (χ1n) is 3.32. The molecule has 0 bridgehead atoms. The van der Waals surface area contributed by atoms with E-state index in [1.54, 1.807) is 10.5 Å². The van der Waals surface area contributed by atoms with Gasteiger partial charge >= 0.3 is 0 Å². The summed E-state index contributed by atoms with van der Waals surface area (Å²) in [5.74, 6) is 0. The fourth-order valence-electron chi connectivity index (χ4n) is 1.00. The van der Waals surface area contributed by atoms with Crippen molar-refractivity contribution in [3.63, 3.8) is 0 Å². The average molecular weight is 257 g/mol. The minimum Gasteiger partial charge on any atom is -0.270 e. The van der Waals surface area contributed by atoms with Crippen LogP contribution in [0.2, 0.25) is 5.15 Å². The van der Waals surface area contributed by atoms with Gasteiger partial charge in [-0.2, -0.15) is 5.26 Å². The number of hydrogen-bond acceptors (Lipinski definition) is 3. The second-order valence-corrected chi connectivity index (χ2v) is 3.55. The SMILES string of the molecule is N#Cc1cc(Br)c2nncn2c1Cl. The van der Waals surface area contributed by atoms with E-state index < -0.39 is 0 Å². The Labute approximate surface area is 86.9 Å². The Hall–Kier alpha value is -1.12. The Balaban J connectivity index is 2.95. The summed E-state index contributed by atoms with van der Waals surface area (Å²) in [6, 6.07) is 3.60. The van der Waals surface area contributed by atoms with E-state index in [9.17, 15) is 0 Å². The third-order valence-corrected chi connectivity index (χ3v) is 2.56. The van der Waals surface area contributed by atoms with Crippen molar-refractivity contribution < 1.29 is 0 Å². The van der Waals surface area contributed by atoms with E-state index in [1.807, 2.05) is 6.07 Å². The summed E-state index contributed by atoms with van der Waals surface area (Å²) in [5, 5.41) is 16.6. The molecule has 0 unspecified atom stereocenters. The highest BCUT2D eigenvalue weighted by Crippen LogP contribution is 2.23. The molecular weight excluding hydrogens is 255 g/mol. The van der Waals surface area contributed by atoms with Crippen molar-refractivity contribution >= 4 is 33.2 Å². The van der Waals surface area contributed by atoms with Crippen LogP contribution in [0.25, 0.3) is 5.65 Å². The van der Waals surface area contributed by atoms with Crippen LogP contribution in [0.15, 0.2) is 16.9 Å². The molecule has 0 amide bonds. The molecule has 2 heterocycles. The maximum atomic E-state index is 8.73. The van der Waals surface area contributed by atoms with Crippen molar-refractivity contribution in [3.05, 3.63) is 27.6 Å². The normalized spacial score (nSPS) is 10.2. The first-order chi connectivity index (χ1) is 6.24. The molecule has 0 radical (unpaired) electrons. The molecule has 0 spiro atoms. The zero-order valence-corrected chi connectivity index (χ0v) is 8.54. The Morgan fingerprint density at radius 2 is 2.38 bits per heavy atom. The highest BCUT2D eigenvalue weighted by Gasteiger charge is 2.09. The lowest BCUT2D eigenvalue weighted by atomic mass is 10.3. The molecule has 0 aromatic carbocycles. The molecule has 0 aliphatic carbocycles. The van der Waals surface area contributed by atoms with E-state index >= 15 is 0 Å². The van der Waals surface area contributed by atoms with Gasteiger partial charge in [-0.05, 0) is 22.0 Å². The summed E-state index contributed by atoms with van der Waals surface area (Å²) in [5.41, 5.74) is 0.991. The maximum Gasteiger partial charge on any atom is 0.176 e. The van der Waals surface area contributed by atoms with Gasteiger partial charge in [0.25, 0.3) is 0 Å². The molecule has 0 aliphatic heterocycles. The van der Waals surface area contributed by atoms with Gasteiger partial charge in [-0.15, -0.1) is 10.2 Å². The highest BCUT2D eigenvalue weighted by molar-refractivity contribution is 9.10. The molecule has 2 rings (SSSR count). The molecule has 2 aromatic heterocycles. The lowest BCUT2D eigenvalue weighted by molar-refractivity contribution is 1.10. The number of nitrogens with zero attached hydrogens (tertiary/aromatic N) is 4. The molecule has 2 aromatic rings. The fourth-order valence-corrected chi connectivity index (χ4v) is 1.72. The van der Waals surface area contributed by atoms with Crippen molar-refractivity contribution in [2.75, 3.05) is 0 Å². The molecular formula is C7H2BrClN4. The number of pyridine rings is 1. The molecule has 13 heavy (non-hydrogen) atoms. The molecule has 0 fully saturated rings. The third-order valence-electron chi connectivity index (χ3n) is 1.59. The van der Waals surface area contributed by atoms with E-state index in [-0.39, 0.29) is 0 Å². The standard InChI is InChI=1S/C7H2BrClN4/c8-5-1-4(2-10)6(9)13-3-11-12-7(5)13/h1,3H. The zero-order chi connectivity index (χ0) is 9.42. The number of nitriles is 1.